The average Bonchev–Trinajstić information content (AvgIpc) is 2.84. The molecule has 24 heavy (non-hydrogen) atoms. The van der Waals surface area contributed by atoms with Gasteiger partial charge in [0.15, 0.2) is 0 Å². The summed E-state index contributed by atoms with van der Waals surface area (Å²) in [7, 11) is 1.75. The zero-order valence-corrected chi connectivity index (χ0v) is 13.4. The lowest BCUT2D eigenvalue weighted by atomic mass is 10.1. The van der Waals surface area contributed by atoms with Crippen molar-refractivity contribution in [2.24, 2.45) is 7.05 Å². The van der Waals surface area contributed by atoms with Crippen LogP contribution in [0.2, 0.25) is 0 Å². The van der Waals surface area contributed by atoms with Gasteiger partial charge in [0.05, 0.1) is 6.20 Å². The number of urea groups is 1. The largest absolute Gasteiger partial charge is 0.408 e. The van der Waals surface area contributed by atoms with Gasteiger partial charge in [0, 0.05) is 31.3 Å². The Hall–Kier alpha value is -2.51. The number of hydrogen-bond donors (Lipinski definition) is 2. The zero-order valence-electron chi connectivity index (χ0n) is 13.4. The predicted octanol–water partition coefficient (Wildman–Crippen LogP) is 2.70. The van der Waals surface area contributed by atoms with Crippen LogP contribution in [0.3, 0.4) is 0 Å². The summed E-state index contributed by atoms with van der Waals surface area (Å²) in [4.78, 5) is 11.8. The Labute approximate surface area is 137 Å². The van der Waals surface area contributed by atoms with E-state index in [-0.39, 0.29) is 13.0 Å². The van der Waals surface area contributed by atoms with Crippen LogP contribution in [0.1, 0.15) is 16.8 Å². The van der Waals surface area contributed by atoms with Crippen molar-refractivity contribution in [3.8, 4) is 0 Å². The van der Waals surface area contributed by atoms with Crippen molar-refractivity contribution in [2.45, 2.75) is 32.1 Å². The van der Waals surface area contributed by atoms with Gasteiger partial charge in [0.2, 0.25) is 0 Å². The molecule has 0 bridgehead atoms. The number of aryl methyl sites for hydroxylation is 1. The van der Waals surface area contributed by atoms with Crippen LogP contribution in [0.4, 0.5) is 18.0 Å². The number of halogens is 3. The highest BCUT2D eigenvalue weighted by atomic mass is 19.4. The van der Waals surface area contributed by atoms with Crippen molar-refractivity contribution in [1.82, 2.24) is 20.4 Å². The van der Waals surface area contributed by atoms with Crippen molar-refractivity contribution in [2.75, 3.05) is 0 Å². The van der Waals surface area contributed by atoms with Gasteiger partial charge < -0.3 is 10.6 Å². The molecule has 1 aromatic heterocycles. The maximum Gasteiger partial charge on any atom is 0.408 e. The predicted molar refractivity (Wildman–Crippen MR) is 83.3 cm³/mol. The summed E-state index contributed by atoms with van der Waals surface area (Å²) in [5, 5.41) is 8.45. The molecule has 0 aliphatic rings. The lowest BCUT2D eigenvalue weighted by Crippen LogP contribution is -2.50. The normalized spacial score (nSPS) is 12.7. The summed E-state index contributed by atoms with van der Waals surface area (Å²) in [6.45, 7) is 1.93. The Morgan fingerprint density at radius 3 is 2.50 bits per heavy atom. The third-order valence-electron chi connectivity index (χ3n) is 3.76. The van der Waals surface area contributed by atoms with Crippen LogP contribution in [0.25, 0.3) is 0 Å². The van der Waals surface area contributed by atoms with Crippen LogP contribution in [0.15, 0.2) is 36.5 Å². The summed E-state index contributed by atoms with van der Waals surface area (Å²) < 4.78 is 41.1. The fourth-order valence-electron chi connectivity index (χ4n) is 2.20. The van der Waals surface area contributed by atoms with E-state index in [1.54, 1.807) is 48.3 Å². The van der Waals surface area contributed by atoms with E-state index in [9.17, 15) is 18.0 Å². The second-order valence-electron chi connectivity index (χ2n) is 5.49. The Bertz CT molecular complexity index is 682. The minimum Gasteiger partial charge on any atom is -0.334 e. The number of carbonyl (C=O) groups is 1. The Kier molecular flexibility index (Phi) is 5.48. The maximum absolute atomic E-state index is 13.1. The zero-order chi connectivity index (χ0) is 17.7. The third-order valence-corrected chi connectivity index (χ3v) is 3.76. The fourth-order valence-corrected chi connectivity index (χ4v) is 2.20. The molecular weight excluding hydrogens is 321 g/mol. The molecule has 0 spiro atoms. The van der Waals surface area contributed by atoms with E-state index < -0.39 is 18.2 Å². The molecule has 8 heteroatoms. The van der Waals surface area contributed by atoms with Crippen LogP contribution in [-0.2, 0) is 20.0 Å². The Balaban J connectivity index is 1.96. The van der Waals surface area contributed by atoms with E-state index in [1.165, 1.54) is 0 Å². The van der Waals surface area contributed by atoms with Crippen molar-refractivity contribution in [3.05, 3.63) is 53.3 Å². The van der Waals surface area contributed by atoms with Crippen LogP contribution in [-0.4, -0.2) is 28.0 Å². The monoisotopic (exact) mass is 340 g/mol. The minimum atomic E-state index is -4.53. The number of alkyl halides is 3. The number of benzene rings is 1. The molecule has 2 aromatic rings. The molecule has 5 nitrogen and oxygen atoms in total. The molecule has 0 saturated heterocycles. The first-order chi connectivity index (χ1) is 11.3. The molecule has 0 saturated carbocycles. The van der Waals surface area contributed by atoms with E-state index in [4.69, 9.17) is 0 Å². The smallest absolute Gasteiger partial charge is 0.334 e. The third kappa shape index (κ3) is 4.74. The van der Waals surface area contributed by atoms with Gasteiger partial charge >= 0.3 is 12.2 Å². The lowest BCUT2D eigenvalue weighted by molar-refractivity contribution is -0.152. The molecule has 1 aromatic carbocycles. The number of aromatic nitrogens is 2. The molecule has 0 aliphatic heterocycles. The van der Waals surface area contributed by atoms with Crippen LogP contribution in [0.5, 0.6) is 0 Å². The number of nitrogens with zero attached hydrogens (tertiary/aromatic N) is 2. The maximum atomic E-state index is 13.1. The van der Waals surface area contributed by atoms with Gasteiger partial charge in [0.1, 0.15) is 6.04 Å². The van der Waals surface area contributed by atoms with Crippen LogP contribution >= 0.6 is 0 Å². The van der Waals surface area contributed by atoms with Gasteiger partial charge in [0.25, 0.3) is 0 Å². The number of amides is 2. The van der Waals surface area contributed by atoms with E-state index >= 15 is 0 Å². The minimum absolute atomic E-state index is 0.113. The highest BCUT2D eigenvalue weighted by molar-refractivity contribution is 5.74. The molecule has 0 aliphatic carbocycles. The number of hydrogen-bond acceptors (Lipinski definition) is 2. The first kappa shape index (κ1) is 17.8. The summed E-state index contributed by atoms with van der Waals surface area (Å²) in [6.07, 6.45) is -3.28. The first-order valence-corrected chi connectivity index (χ1v) is 7.40. The summed E-state index contributed by atoms with van der Waals surface area (Å²) in [5.74, 6) is 0. The molecule has 130 valence electrons. The quantitative estimate of drug-likeness (QED) is 0.879. The number of nitrogens with one attached hydrogen (secondary N) is 2. The standard InChI is InChI=1S/C16H19F3N4O/c1-11-13(10-21-23(11)2)9-20-15(24)22-14(16(17,18)19)8-12-6-4-3-5-7-12/h3-7,10,14H,8-9H2,1-2H3,(H2,20,22,24)/t14-/m1/s1. The second-order valence-corrected chi connectivity index (χ2v) is 5.49. The van der Waals surface area contributed by atoms with Gasteiger partial charge in [-0.05, 0) is 12.5 Å². The van der Waals surface area contributed by atoms with Gasteiger partial charge in [-0.3, -0.25) is 4.68 Å². The van der Waals surface area contributed by atoms with Crippen molar-refractivity contribution in [3.63, 3.8) is 0 Å². The molecule has 2 N–H and O–H groups in total. The molecule has 2 amide bonds. The molecule has 1 heterocycles. The molecule has 0 radical (unpaired) electrons. The topological polar surface area (TPSA) is 59.0 Å². The summed E-state index contributed by atoms with van der Waals surface area (Å²) in [6, 6.07) is 5.42. The van der Waals surface area contributed by atoms with E-state index in [1.807, 2.05) is 12.2 Å². The van der Waals surface area contributed by atoms with Gasteiger partial charge in [-0.1, -0.05) is 30.3 Å². The first-order valence-electron chi connectivity index (χ1n) is 7.40. The highest BCUT2D eigenvalue weighted by Gasteiger charge is 2.40. The lowest BCUT2D eigenvalue weighted by Gasteiger charge is -2.22. The fraction of sp³-hybridized carbons (Fsp3) is 0.375. The van der Waals surface area contributed by atoms with Crippen molar-refractivity contribution < 1.29 is 18.0 Å². The van der Waals surface area contributed by atoms with Crippen LogP contribution < -0.4 is 10.6 Å². The van der Waals surface area contributed by atoms with Crippen molar-refractivity contribution >= 4 is 6.03 Å². The van der Waals surface area contributed by atoms with E-state index in [0.717, 1.165) is 11.3 Å². The highest BCUT2D eigenvalue weighted by Crippen LogP contribution is 2.23. The van der Waals surface area contributed by atoms with Gasteiger partial charge in [-0.25, -0.2) is 4.79 Å². The molecular formula is C16H19F3N4O. The van der Waals surface area contributed by atoms with Crippen LogP contribution in [0, 0.1) is 6.92 Å². The van der Waals surface area contributed by atoms with E-state index in [2.05, 4.69) is 10.4 Å². The molecule has 1 atom stereocenters. The number of carbonyl (C=O) groups excluding carboxylic acids is 1. The Morgan fingerprint density at radius 2 is 1.96 bits per heavy atom. The summed E-state index contributed by atoms with van der Waals surface area (Å²) in [5.41, 5.74) is 2.09. The number of rotatable bonds is 5. The summed E-state index contributed by atoms with van der Waals surface area (Å²) >= 11 is 0. The SMILES string of the molecule is Cc1c(CNC(=O)N[C@H](Cc2ccccc2)C(F)(F)F)cnn1C. The van der Waals surface area contributed by atoms with Gasteiger partial charge in [-0.15, -0.1) is 0 Å². The average molecular weight is 340 g/mol. The molecule has 0 unspecified atom stereocenters. The Morgan fingerprint density at radius 1 is 1.29 bits per heavy atom. The van der Waals surface area contributed by atoms with Gasteiger partial charge in [-0.2, -0.15) is 18.3 Å². The second kappa shape index (κ2) is 7.37. The molecule has 2 rings (SSSR count). The molecule has 0 fully saturated rings. The van der Waals surface area contributed by atoms with Crippen molar-refractivity contribution in [1.29, 1.82) is 0 Å². The van der Waals surface area contributed by atoms with E-state index in [0.29, 0.717) is 5.56 Å².